The number of benzene rings is 1. The van der Waals surface area contributed by atoms with Crippen molar-refractivity contribution in [2.24, 2.45) is 0 Å². The van der Waals surface area contributed by atoms with E-state index in [4.69, 9.17) is 15.2 Å². The lowest BCUT2D eigenvalue weighted by Crippen LogP contribution is -2.33. The van der Waals surface area contributed by atoms with Crippen LogP contribution >= 0.6 is 0 Å². The Bertz CT molecular complexity index is 754. The predicted octanol–water partition coefficient (Wildman–Crippen LogP) is 2.50. The highest BCUT2D eigenvalue weighted by Crippen LogP contribution is 2.28. The van der Waals surface area contributed by atoms with Gasteiger partial charge < -0.3 is 20.5 Å². The number of hydrogen-bond acceptors (Lipinski definition) is 6. The smallest absolute Gasteiger partial charge is 0.259 e. The van der Waals surface area contributed by atoms with Gasteiger partial charge in [0.05, 0.1) is 11.4 Å². The molecule has 2 atom stereocenters. The number of nitrogens with one attached hydrogen (secondary N) is 1. The van der Waals surface area contributed by atoms with Crippen molar-refractivity contribution in [2.75, 3.05) is 36.1 Å². The number of aromatic nitrogens is 1. The molecule has 1 aliphatic heterocycles. The Morgan fingerprint density at radius 2 is 2.23 bits per heavy atom. The van der Waals surface area contributed by atoms with Crippen LogP contribution in [0.4, 0.5) is 17.2 Å². The topological polar surface area (TPSA) is 93.0 Å². The van der Waals surface area contributed by atoms with Gasteiger partial charge in [0.1, 0.15) is 11.9 Å². The standard InChI is InChI=1S/C19H24N4O3/c1-3-25-19-16(26-19)9-11-23(17-6-4-5-10-22-17)18(24)13-7-8-15(21-2)14(20)12-13/h4-8,10,12,16,19,21H,3,9,11,20H2,1-2H3. The van der Waals surface area contributed by atoms with Gasteiger partial charge in [-0.15, -0.1) is 0 Å². The Kier molecular flexibility index (Phi) is 5.70. The monoisotopic (exact) mass is 356 g/mol. The molecule has 2 aromatic rings. The Labute approximate surface area is 153 Å². The number of nitrogens with zero attached hydrogens (tertiary/aromatic N) is 2. The van der Waals surface area contributed by atoms with E-state index in [1.807, 2.05) is 25.1 Å². The maximum atomic E-state index is 13.1. The van der Waals surface area contributed by atoms with E-state index in [2.05, 4.69) is 10.3 Å². The molecule has 3 N–H and O–H groups in total. The lowest BCUT2D eigenvalue weighted by Gasteiger charge is -2.22. The molecule has 1 amide bonds. The number of carbonyl (C=O) groups is 1. The van der Waals surface area contributed by atoms with Crippen LogP contribution in [0.3, 0.4) is 0 Å². The number of carbonyl (C=O) groups excluding carboxylic acids is 1. The first kappa shape index (κ1) is 18.2. The summed E-state index contributed by atoms with van der Waals surface area (Å²) in [5.41, 5.74) is 7.84. The second kappa shape index (κ2) is 8.16. The van der Waals surface area contributed by atoms with Crippen LogP contribution < -0.4 is 16.0 Å². The van der Waals surface area contributed by atoms with Gasteiger partial charge in [-0.25, -0.2) is 4.98 Å². The highest BCUT2D eigenvalue weighted by atomic mass is 16.8. The number of epoxide rings is 1. The molecular weight excluding hydrogens is 332 g/mol. The zero-order valence-electron chi connectivity index (χ0n) is 15.0. The number of ether oxygens (including phenoxy) is 2. The quantitative estimate of drug-likeness (QED) is 0.558. The maximum absolute atomic E-state index is 13.1. The molecule has 0 bridgehead atoms. The molecule has 2 heterocycles. The fourth-order valence-corrected chi connectivity index (χ4v) is 2.81. The van der Waals surface area contributed by atoms with Gasteiger partial charge in [0.15, 0.2) is 6.29 Å². The molecule has 7 nitrogen and oxygen atoms in total. The number of nitrogens with two attached hydrogens (primary N) is 1. The highest BCUT2D eigenvalue weighted by Gasteiger charge is 2.40. The number of hydrogen-bond donors (Lipinski definition) is 2. The summed E-state index contributed by atoms with van der Waals surface area (Å²) < 4.78 is 10.9. The fraction of sp³-hybridized carbons (Fsp3) is 0.368. The first-order chi connectivity index (χ1) is 12.6. The molecule has 1 aliphatic rings. The fourth-order valence-electron chi connectivity index (χ4n) is 2.81. The Balaban J connectivity index is 1.76. The normalized spacial score (nSPS) is 18.4. The van der Waals surface area contributed by atoms with Gasteiger partial charge in [-0.1, -0.05) is 6.07 Å². The molecule has 1 fully saturated rings. The number of anilines is 3. The Morgan fingerprint density at radius 1 is 1.38 bits per heavy atom. The van der Waals surface area contributed by atoms with E-state index in [0.29, 0.717) is 36.6 Å². The van der Waals surface area contributed by atoms with E-state index >= 15 is 0 Å². The summed E-state index contributed by atoms with van der Waals surface area (Å²) in [6.45, 7) is 3.03. The van der Waals surface area contributed by atoms with Crippen molar-refractivity contribution in [1.29, 1.82) is 0 Å². The second-order valence-electron chi connectivity index (χ2n) is 5.98. The van der Waals surface area contributed by atoms with E-state index in [1.54, 1.807) is 36.3 Å². The third kappa shape index (κ3) is 4.12. The van der Waals surface area contributed by atoms with Crippen molar-refractivity contribution in [1.82, 2.24) is 4.98 Å². The minimum absolute atomic E-state index is 0.0192. The third-order valence-corrected chi connectivity index (χ3v) is 4.24. The zero-order chi connectivity index (χ0) is 18.5. The molecule has 1 aromatic heterocycles. The first-order valence-electron chi connectivity index (χ1n) is 8.71. The van der Waals surface area contributed by atoms with E-state index in [9.17, 15) is 4.79 Å². The molecule has 138 valence electrons. The van der Waals surface area contributed by atoms with E-state index in [-0.39, 0.29) is 18.3 Å². The van der Waals surface area contributed by atoms with Crippen LogP contribution in [-0.4, -0.2) is 43.5 Å². The van der Waals surface area contributed by atoms with E-state index in [0.717, 1.165) is 5.69 Å². The largest absolute Gasteiger partial charge is 0.397 e. The average Bonchev–Trinajstić information content (AvgIpc) is 3.41. The van der Waals surface area contributed by atoms with Crippen LogP contribution in [0.15, 0.2) is 42.6 Å². The van der Waals surface area contributed by atoms with Gasteiger partial charge >= 0.3 is 0 Å². The third-order valence-electron chi connectivity index (χ3n) is 4.24. The molecule has 0 saturated carbocycles. The SMILES string of the molecule is CCOC1OC1CCN(C(=O)c1ccc(NC)c(N)c1)c1ccccn1. The molecule has 0 radical (unpaired) electrons. The molecule has 7 heteroatoms. The van der Waals surface area contributed by atoms with Crippen molar-refractivity contribution < 1.29 is 14.3 Å². The maximum Gasteiger partial charge on any atom is 0.259 e. The number of nitrogen functional groups attached to an aromatic ring is 1. The summed E-state index contributed by atoms with van der Waals surface area (Å²) >= 11 is 0. The molecule has 1 aromatic carbocycles. The van der Waals surface area contributed by atoms with E-state index < -0.39 is 0 Å². The molecule has 0 aliphatic carbocycles. The van der Waals surface area contributed by atoms with Crippen LogP contribution in [0, 0.1) is 0 Å². The molecule has 0 spiro atoms. The van der Waals surface area contributed by atoms with Gasteiger partial charge in [-0.2, -0.15) is 0 Å². The van der Waals surface area contributed by atoms with Crippen molar-refractivity contribution >= 4 is 23.1 Å². The summed E-state index contributed by atoms with van der Waals surface area (Å²) in [6, 6.07) is 10.7. The predicted molar refractivity (Wildman–Crippen MR) is 101 cm³/mol. The van der Waals surface area contributed by atoms with Crippen molar-refractivity contribution in [3.05, 3.63) is 48.2 Å². The van der Waals surface area contributed by atoms with Gasteiger partial charge in [0.2, 0.25) is 0 Å². The van der Waals surface area contributed by atoms with Gasteiger partial charge in [0, 0.05) is 32.0 Å². The number of amides is 1. The summed E-state index contributed by atoms with van der Waals surface area (Å²) in [6.07, 6.45) is 2.21. The minimum Gasteiger partial charge on any atom is -0.397 e. The first-order valence-corrected chi connectivity index (χ1v) is 8.71. The molecular formula is C19H24N4O3. The molecule has 1 saturated heterocycles. The highest BCUT2D eigenvalue weighted by molar-refractivity contribution is 6.06. The number of pyridine rings is 1. The zero-order valence-corrected chi connectivity index (χ0v) is 15.0. The Morgan fingerprint density at radius 3 is 2.88 bits per heavy atom. The van der Waals surface area contributed by atoms with Crippen molar-refractivity contribution in [2.45, 2.75) is 25.7 Å². The van der Waals surface area contributed by atoms with Crippen molar-refractivity contribution in [3.8, 4) is 0 Å². The minimum atomic E-state index is -0.161. The number of rotatable bonds is 8. The lowest BCUT2D eigenvalue weighted by atomic mass is 10.1. The second-order valence-corrected chi connectivity index (χ2v) is 5.98. The van der Waals surface area contributed by atoms with E-state index in [1.165, 1.54) is 0 Å². The van der Waals surface area contributed by atoms with Crippen LogP contribution in [0.5, 0.6) is 0 Å². The summed E-state index contributed by atoms with van der Waals surface area (Å²) in [4.78, 5) is 19.1. The summed E-state index contributed by atoms with van der Waals surface area (Å²) in [5.74, 6) is 0.453. The van der Waals surface area contributed by atoms with Crippen LogP contribution in [0.1, 0.15) is 23.7 Å². The summed E-state index contributed by atoms with van der Waals surface area (Å²) in [5, 5.41) is 2.99. The van der Waals surface area contributed by atoms with Crippen molar-refractivity contribution in [3.63, 3.8) is 0 Å². The van der Waals surface area contributed by atoms with Crippen LogP contribution in [-0.2, 0) is 9.47 Å². The molecule has 2 unspecified atom stereocenters. The Hall–Kier alpha value is -2.64. The van der Waals surface area contributed by atoms with Gasteiger partial charge in [-0.05, 0) is 43.7 Å². The summed E-state index contributed by atoms with van der Waals surface area (Å²) in [7, 11) is 1.79. The average molecular weight is 356 g/mol. The van der Waals surface area contributed by atoms with Crippen LogP contribution in [0.2, 0.25) is 0 Å². The molecule has 3 rings (SSSR count). The molecule has 26 heavy (non-hydrogen) atoms. The van der Waals surface area contributed by atoms with Gasteiger partial charge in [0.25, 0.3) is 5.91 Å². The van der Waals surface area contributed by atoms with Crippen LogP contribution in [0.25, 0.3) is 0 Å². The van der Waals surface area contributed by atoms with Gasteiger partial charge in [-0.3, -0.25) is 9.69 Å². The lowest BCUT2D eigenvalue weighted by molar-refractivity contribution is 0.0593.